The molecule has 15 heavy (non-hydrogen) atoms. The van der Waals surface area contributed by atoms with Crippen molar-refractivity contribution in [3.8, 4) is 0 Å². The molecule has 0 bridgehead atoms. The molecule has 1 nitrogen and oxygen atoms in total. The van der Waals surface area contributed by atoms with Crippen molar-refractivity contribution in [2.75, 3.05) is 6.61 Å². The zero-order chi connectivity index (χ0) is 11.5. The summed E-state index contributed by atoms with van der Waals surface area (Å²) in [7, 11) is 0. The van der Waals surface area contributed by atoms with Gasteiger partial charge in [-0.2, -0.15) is 0 Å². The van der Waals surface area contributed by atoms with Crippen molar-refractivity contribution in [1.82, 2.24) is 0 Å². The first-order valence-corrected chi connectivity index (χ1v) is 6.81. The second-order valence-electron chi connectivity index (χ2n) is 5.17. The Balaban J connectivity index is 3.19. The van der Waals surface area contributed by atoms with E-state index < -0.39 is 0 Å². The van der Waals surface area contributed by atoms with Gasteiger partial charge in [0, 0.05) is 6.61 Å². The summed E-state index contributed by atoms with van der Waals surface area (Å²) in [6, 6.07) is 0. The van der Waals surface area contributed by atoms with E-state index in [0.29, 0.717) is 12.5 Å². The van der Waals surface area contributed by atoms with Crippen LogP contribution in [0, 0.1) is 11.8 Å². The summed E-state index contributed by atoms with van der Waals surface area (Å²) in [5.74, 6) is 1.40. The van der Waals surface area contributed by atoms with Gasteiger partial charge in [-0.3, -0.25) is 0 Å². The van der Waals surface area contributed by atoms with Crippen LogP contribution in [0.2, 0.25) is 0 Å². The van der Waals surface area contributed by atoms with Gasteiger partial charge < -0.3 is 5.11 Å². The molecule has 1 N–H and O–H groups in total. The van der Waals surface area contributed by atoms with E-state index in [0.717, 1.165) is 5.92 Å². The van der Waals surface area contributed by atoms with Crippen LogP contribution in [0.3, 0.4) is 0 Å². The van der Waals surface area contributed by atoms with Crippen molar-refractivity contribution in [2.45, 2.75) is 72.1 Å². The molecule has 0 radical (unpaired) electrons. The minimum atomic E-state index is 0.353. The molecule has 0 aliphatic heterocycles. The maximum absolute atomic E-state index is 8.89. The Bertz CT molecular complexity index is 123. The molecule has 0 amide bonds. The third-order valence-electron chi connectivity index (χ3n) is 3.26. The molecule has 0 aromatic heterocycles. The van der Waals surface area contributed by atoms with Crippen LogP contribution in [0.4, 0.5) is 0 Å². The van der Waals surface area contributed by atoms with Gasteiger partial charge in [0.15, 0.2) is 0 Å². The van der Waals surface area contributed by atoms with Gasteiger partial charge in [0.1, 0.15) is 0 Å². The third-order valence-corrected chi connectivity index (χ3v) is 3.26. The van der Waals surface area contributed by atoms with E-state index >= 15 is 0 Å². The predicted octanol–water partition coefficient (Wildman–Crippen LogP) is 4.39. The maximum Gasteiger partial charge on any atom is 0.0456 e. The molecule has 0 aliphatic rings. The van der Waals surface area contributed by atoms with Crippen LogP contribution in [-0.2, 0) is 0 Å². The Kier molecular flexibility index (Phi) is 10.4. The number of hydrogen-bond acceptors (Lipinski definition) is 1. The SMILES string of the molecule is CCCCCC(C)CCCCC(C)CO. The molecule has 0 spiro atoms. The van der Waals surface area contributed by atoms with Crippen molar-refractivity contribution in [2.24, 2.45) is 11.8 Å². The van der Waals surface area contributed by atoms with Crippen molar-refractivity contribution in [1.29, 1.82) is 0 Å². The van der Waals surface area contributed by atoms with E-state index in [1.807, 2.05) is 0 Å². The first kappa shape index (κ1) is 15.0. The average molecular weight is 214 g/mol. The Morgan fingerprint density at radius 3 is 1.73 bits per heavy atom. The van der Waals surface area contributed by atoms with E-state index in [1.165, 1.54) is 51.4 Å². The second-order valence-corrected chi connectivity index (χ2v) is 5.17. The van der Waals surface area contributed by atoms with Crippen LogP contribution >= 0.6 is 0 Å². The summed E-state index contributed by atoms with van der Waals surface area (Å²) in [6.07, 6.45) is 10.7. The average Bonchev–Trinajstić information content (AvgIpc) is 2.24. The molecule has 92 valence electrons. The molecule has 0 aromatic carbocycles. The highest BCUT2D eigenvalue weighted by Gasteiger charge is 2.03. The monoisotopic (exact) mass is 214 g/mol. The Labute approximate surface area is 96.3 Å². The summed E-state index contributed by atoms with van der Waals surface area (Å²) in [5.41, 5.74) is 0. The molecule has 0 aromatic rings. The fraction of sp³-hybridized carbons (Fsp3) is 1.00. The van der Waals surface area contributed by atoms with Crippen LogP contribution in [-0.4, -0.2) is 11.7 Å². The third kappa shape index (κ3) is 10.2. The van der Waals surface area contributed by atoms with Crippen LogP contribution in [0.25, 0.3) is 0 Å². The van der Waals surface area contributed by atoms with E-state index in [4.69, 9.17) is 5.11 Å². The summed E-state index contributed by atoms with van der Waals surface area (Å²) in [5, 5.41) is 8.89. The molecule has 0 saturated carbocycles. The molecule has 2 unspecified atom stereocenters. The molecule has 0 fully saturated rings. The van der Waals surface area contributed by atoms with Gasteiger partial charge in [-0.05, 0) is 18.3 Å². The lowest BCUT2D eigenvalue weighted by atomic mass is 9.95. The standard InChI is InChI=1S/C14H30O/c1-4-5-6-9-13(2)10-7-8-11-14(3)12-15/h13-15H,4-12H2,1-3H3. The largest absolute Gasteiger partial charge is 0.396 e. The minimum absolute atomic E-state index is 0.353. The first-order valence-electron chi connectivity index (χ1n) is 6.81. The van der Waals surface area contributed by atoms with Crippen LogP contribution in [0.5, 0.6) is 0 Å². The fourth-order valence-electron chi connectivity index (χ4n) is 1.96. The second kappa shape index (κ2) is 10.5. The lowest BCUT2D eigenvalue weighted by Gasteiger charge is -2.11. The zero-order valence-electron chi connectivity index (χ0n) is 11.0. The highest BCUT2D eigenvalue weighted by atomic mass is 16.3. The smallest absolute Gasteiger partial charge is 0.0456 e. The zero-order valence-corrected chi connectivity index (χ0v) is 11.0. The van der Waals surface area contributed by atoms with Gasteiger partial charge in [0.05, 0.1) is 0 Å². The maximum atomic E-state index is 8.89. The molecular formula is C14H30O. The topological polar surface area (TPSA) is 20.2 Å². The first-order chi connectivity index (χ1) is 7.20. The summed E-state index contributed by atoms with van der Waals surface area (Å²) in [4.78, 5) is 0. The van der Waals surface area contributed by atoms with Crippen molar-refractivity contribution >= 4 is 0 Å². The fourth-order valence-corrected chi connectivity index (χ4v) is 1.96. The highest BCUT2D eigenvalue weighted by Crippen LogP contribution is 2.17. The van der Waals surface area contributed by atoms with Crippen molar-refractivity contribution < 1.29 is 5.11 Å². The van der Waals surface area contributed by atoms with Crippen LogP contribution in [0.15, 0.2) is 0 Å². The van der Waals surface area contributed by atoms with E-state index in [-0.39, 0.29) is 0 Å². The Morgan fingerprint density at radius 1 is 0.800 bits per heavy atom. The van der Waals surface area contributed by atoms with E-state index in [2.05, 4.69) is 20.8 Å². The van der Waals surface area contributed by atoms with Gasteiger partial charge in [-0.15, -0.1) is 0 Å². The predicted molar refractivity (Wildman–Crippen MR) is 68.0 cm³/mol. The summed E-state index contributed by atoms with van der Waals surface area (Å²) >= 11 is 0. The number of aliphatic hydroxyl groups excluding tert-OH is 1. The lowest BCUT2D eigenvalue weighted by molar-refractivity contribution is 0.226. The van der Waals surface area contributed by atoms with Gasteiger partial charge in [0.25, 0.3) is 0 Å². The number of aliphatic hydroxyl groups is 1. The number of hydrogen-bond donors (Lipinski definition) is 1. The van der Waals surface area contributed by atoms with Crippen LogP contribution < -0.4 is 0 Å². The summed E-state index contributed by atoms with van der Waals surface area (Å²) < 4.78 is 0. The van der Waals surface area contributed by atoms with Crippen molar-refractivity contribution in [3.63, 3.8) is 0 Å². The number of rotatable bonds is 10. The molecule has 0 aliphatic carbocycles. The highest BCUT2D eigenvalue weighted by molar-refractivity contribution is 4.56. The molecule has 1 heteroatoms. The minimum Gasteiger partial charge on any atom is -0.396 e. The molecule has 0 rings (SSSR count). The molecule has 0 saturated heterocycles. The lowest BCUT2D eigenvalue weighted by Crippen LogP contribution is -2.01. The summed E-state index contributed by atoms with van der Waals surface area (Å²) in [6.45, 7) is 7.13. The van der Waals surface area contributed by atoms with Crippen molar-refractivity contribution in [3.05, 3.63) is 0 Å². The molecule has 0 heterocycles. The van der Waals surface area contributed by atoms with Gasteiger partial charge in [0.2, 0.25) is 0 Å². The van der Waals surface area contributed by atoms with Gasteiger partial charge >= 0.3 is 0 Å². The number of unbranched alkanes of at least 4 members (excludes halogenated alkanes) is 3. The van der Waals surface area contributed by atoms with E-state index in [1.54, 1.807) is 0 Å². The van der Waals surface area contributed by atoms with Crippen LogP contribution in [0.1, 0.15) is 72.1 Å². The van der Waals surface area contributed by atoms with Gasteiger partial charge in [-0.1, -0.05) is 65.7 Å². The Hall–Kier alpha value is -0.0400. The molecule has 2 atom stereocenters. The van der Waals surface area contributed by atoms with E-state index in [9.17, 15) is 0 Å². The Morgan fingerprint density at radius 2 is 1.27 bits per heavy atom. The van der Waals surface area contributed by atoms with Gasteiger partial charge in [-0.25, -0.2) is 0 Å². The molecular weight excluding hydrogens is 184 g/mol. The quantitative estimate of drug-likeness (QED) is 0.535. The normalized spacial score (nSPS) is 15.2.